The van der Waals surface area contributed by atoms with Crippen LogP contribution in [-0.2, 0) is 6.18 Å². The van der Waals surface area contributed by atoms with Crippen LogP contribution in [0, 0.1) is 66.4 Å². The van der Waals surface area contributed by atoms with E-state index in [9.17, 15) is 22.0 Å². The van der Waals surface area contributed by atoms with E-state index in [0.29, 0.717) is 34.0 Å². The van der Waals surface area contributed by atoms with Crippen molar-refractivity contribution in [1.29, 1.82) is 0 Å². The minimum atomic E-state index is -4.28. The van der Waals surface area contributed by atoms with E-state index >= 15 is 0 Å². The van der Waals surface area contributed by atoms with Crippen LogP contribution in [-0.4, -0.2) is 32.7 Å². The minimum Gasteiger partial charge on any atom is -0.310 e. The van der Waals surface area contributed by atoms with Crippen LogP contribution < -0.4 is 26.6 Å². The average Bonchev–Trinajstić information content (AvgIpc) is 3.02. The zero-order chi connectivity index (χ0) is 66.0. The summed E-state index contributed by atoms with van der Waals surface area (Å²) in [5.41, 5.74) is 9.93. The zero-order valence-corrected chi connectivity index (χ0v) is 58.8. The third kappa shape index (κ3) is 34.0. The second-order valence-corrected chi connectivity index (χ2v) is 29.9. The molecular formula is C75H119ClF5N5. The maximum atomic E-state index is 14.0. The standard InChI is InChI=1S/C15H24ClN.C15H22F3N.2C15H24FN.C15H25N/c1-6-17-14(10-15(3,4)5)12-8-7-11(2)13(16)9-12;1-5-19-13(10-14(2,3)4)11-7-6-8-12(9-11)15(16,17)18;1-6-17-14(10-15(3,4)5)12-8-7-11(2)13(16)9-12;1-6-17-14(10-15(3,4)5)12-8-7-11(2)9-13(12)16;1-6-16-14(11-15(3,4)5)13-9-7-12(2)8-10-13/h7-9,14,17H,6,10H2,1-5H3;6-9,13,19H,5,10H2,1-4H3;2*7-9,14,17H,6,10H2,1-5H3;7-10,14,16H,6,11H2,1-5H3. The van der Waals surface area contributed by atoms with Gasteiger partial charge in [-0.25, -0.2) is 8.78 Å². The van der Waals surface area contributed by atoms with Gasteiger partial charge in [-0.1, -0.05) is 228 Å². The number of alkyl halides is 3. The second-order valence-electron chi connectivity index (χ2n) is 29.5. The number of aryl methyl sites for hydroxylation is 4. The molecular weight excluding hydrogens is 1100 g/mol. The molecule has 0 radical (unpaired) electrons. The molecule has 11 heteroatoms. The molecule has 0 fully saturated rings. The van der Waals surface area contributed by atoms with Gasteiger partial charge in [-0.2, -0.15) is 13.2 Å². The van der Waals surface area contributed by atoms with Crippen molar-refractivity contribution >= 4 is 11.6 Å². The fourth-order valence-electron chi connectivity index (χ4n) is 10.1. The Morgan fingerprint density at radius 1 is 0.360 bits per heavy atom. The highest BCUT2D eigenvalue weighted by molar-refractivity contribution is 6.31. The van der Waals surface area contributed by atoms with Crippen molar-refractivity contribution in [3.8, 4) is 0 Å². The van der Waals surface area contributed by atoms with Crippen molar-refractivity contribution in [3.63, 3.8) is 0 Å². The Labute approximate surface area is 527 Å². The van der Waals surface area contributed by atoms with Gasteiger partial charge in [-0.3, -0.25) is 0 Å². The molecule has 0 aliphatic rings. The molecule has 0 aliphatic carbocycles. The van der Waals surface area contributed by atoms with Crippen molar-refractivity contribution in [3.05, 3.63) is 175 Å². The van der Waals surface area contributed by atoms with Crippen molar-refractivity contribution in [1.82, 2.24) is 26.6 Å². The molecule has 86 heavy (non-hydrogen) atoms. The summed E-state index contributed by atoms with van der Waals surface area (Å²) in [5, 5.41) is 18.1. The van der Waals surface area contributed by atoms with Crippen molar-refractivity contribution < 1.29 is 22.0 Å². The Hall–Kier alpha value is -4.16. The molecule has 5 atom stereocenters. The summed E-state index contributed by atoms with van der Waals surface area (Å²) < 4.78 is 65.7. The predicted molar refractivity (Wildman–Crippen MR) is 364 cm³/mol. The van der Waals surface area contributed by atoms with E-state index in [1.54, 1.807) is 25.1 Å². The van der Waals surface area contributed by atoms with Crippen LogP contribution in [0.5, 0.6) is 0 Å². The molecule has 0 aromatic heterocycles. The molecule has 0 amide bonds. The number of hydrogen-bond acceptors (Lipinski definition) is 5. The first-order chi connectivity index (χ1) is 39.5. The van der Waals surface area contributed by atoms with Gasteiger partial charge in [0.2, 0.25) is 0 Å². The molecule has 5 rings (SSSR count). The molecule has 0 saturated heterocycles. The Bertz CT molecular complexity index is 2590. The molecule has 486 valence electrons. The van der Waals surface area contributed by atoms with Gasteiger partial charge in [-0.15, -0.1) is 0 Å². The summed E-state index contributed by atoms with van der Waals surface area (Å²) in [4.78, 5) is 0. The molecule has 5 unspecified atom stereocenters. The highest BCUT2D eigenvalue weighted by Crippen LogP contribution is 2.36. The van der Waals surface area contributed by atoms with E-state index in [0.717, 1.165) is 91.7 Å². The molecule has 0 saturated carbocycles. The quantitative estimate of drug-likeness (QED) is 0.0503. The maximum absolute atomic E-state index is 14.0. The van der Waals surface area contributed by atoms with Crippen molar-refractivity contribution in [2.24, 2.45) is 27.1 Å². The Balaban J connectivity index is 0.000000538. The normalized spacial score (nSPS) is 13.9. The Morgan fingerprint density at radius 2 is 0.698 bits per heavy atom. The lowest BCUT2D eigenvalue weighted by Gasteiger charge is -2.27. The summed E-state index contributed by atoms with van der Waals surface area (Å²) >= 11 is 6.20. The number of halogens is 6. The minimum absolute atomic E-state index is 0.0488. The second kappa shape index (κ2) is 37.1. The van der Waals surface area contributed by atoms with Gasteiger partial charge in [0.1, 0.15) is 11.6 Å². The van der Waals surface area contributed by atoms with E-state index in [2.05, 4.69) is 208 Å². The third-order valence-corrected chi connectivity index (χ3v) is 14.6. The van der Waals surface area contributed by atoms with Crippen LogP contribution in [0.15, 0.2) is 103 Å². The largest absolute Gasteiger partial charge is 0.416 e. The molecule has 5 nitrogen and oxygen atoms in total. The first-order valence-electron chi connectivity index (χ1n) is 31.7. The SMILES string of the molecule is CCNC(CC(C)(C)C)c1ccc(C)c(Cl)c1.CCNC(CC(C)(C)C)c1ccc(C)c(F)c1.CCNC(CC(C)(C)C)c1ccc(C)cc1.CCNC(CC(C)(C)C)c1ccc(C)cc1F.CCNC(CC(C)(C)C)c1cccc(C(F)(F)F)c1. The van der Waals surface area contributed by atoms with E-state index in [4.69, 9.17) is 11.6 Å². The van der Waals surface area contributed by atoms with Crippen LogP contribution in [0.25, 0.3) is 0 Å². The summed E-state index contributed by atoms with van der Waals surface area (Å²) in [6.07, 6.45) is 0.727. The fraction of sp³-hybridized carbons (Fsp3) is 0.600. The Kier molecular flexibility index (Phi) is 34.5. The lowest BCUT2D eigenvalue weighted by molar-refractivity contribution is -0.137. The number of rotatable bonds is 20. The molecule has 0 aliphatic heterocycles. The molecule has 5 aromatic carbocycles. The van der Waals surface area contributed by atoms with E-state index in [1.807, 2.05) is 45.0 Å². The molecule has 0 spiro atoms. The smallest absolute Gasteiger partial charge is 0.310 e. The van der Waals surface area contributed by atoms with Gasteiger partial charge < -0.3 is 26.6 Å². The van der Waals surface area contributed by atoms with Crippen LogP contribution in [0.2, 0.25) is 5.02 Å². The Morgan fingerprint density at radius 3 is 1.06 bits per heavy atom. The van der Waals surface area contributed by atoms with Gasteiger partial charge >= 0.3 is 6.18 Å². The van der Waals surface area contributed by atoms with Crippen LogP contribution >= 0.6 is 11.6 Å². The van der Waals surface area contributed by atoms with Crippen LogP contribution in [0.1, 0.15) is 256 Å². The third-order valence-electron chi connectivity index (χ3n) is 14.2. The topological polar surface area (TPSA) is 60.1 Å². The first kappa shape index (κ1) is 79.9. The van der Waals surface area contributed by atoms with Crippen LogP contribution in [0.4, 0.5) is 22.0 Å². The van der Waals surface area contributed by atoms with E-state index < -0.39 is 11.7 Å². The summed E-state index contributed by atoms with van der Waals surface area (Å²) in [6.45, 7) is 55.9. The van der Waals surface area contributed by atoms with Gasteiger partial charge in [0.25, 0.3) is 0 Å². The van der Waals surface area contributed by atoms with Gasteiger partial charge in [-0.05, 0) is 189 Å². The van der Waals surface area contributed by atoms with Gasteiger partial charge in [0.15, 0.2) is 0 Å². The summed E-state index contributed by atoms with van der Waals surface area (Å²) in [5.74, 6) is -0.209. The van der Waals surface area contributed by atoms with Crippen molar-refractivity contribution in [2.75, 3.05) is 32.7 Å². The van der Waals surface area contributed by atoms with E-state index in [1.165, 1.54) is 35.2 Å². The number of benzene rings is 5. The number of hydrogen-bond donors (Lipinski definition) is 5. The lowest BCUT2D eigenvalue weighted by Crippen LogP contribution is -2.26. The van der Waals surface area contributed by atoms with E-state index in [-0.39, 0.29) is 46.0 Å². The monoisotopic (exact) mass is 1220 g/mol. The first-order valence-corrected chi connectivity index (χ1v) is 32.1. The molecule has 0 bridgehead atoms. The van der Waals surface area contributed by atoms with Crippen LogP contribution in [0.3, 0.4) is 0 Å². The number of nitrogens with one attached hydrogen (secondary N) is 5. The maximum Gasteiger partial charge on any atom is 0.416 e. The summed E-state index contributed by atoms with van der Waals surface area (Å²) in [6, 6.07) is 33.0. The highest BCUT2D eigenvalue weighted by atomic mass is 35.5. The lowest BCUT2D eigenvalue weighted by atomic mass is 9.85. The molecule has 5 N–H and O–H groups in total. The molecule has 5 aromatic rings. The predicted octanol–water partition coefficient (Wildman–Crippen LogP) is 22.1. The summed E-state index contributed by atoms with van der Waals surface area (Å²) in [7, 11) is 0. The van der Waals surface area contributed by atoms with Crippen molar-refractivity contribution in [2.45, 2.75) is 235 Å². The highest BCUT2D eigenvalue weighted by Gasteiger charge is 2.32. The zero-order valence-electron chi connectivity index (χ0n) is 58.0. The molecule has 0 heterocycles. The van der Waals surface area contributed by atoms with Gasteiger partial charge in [0, 0.05) is 40.8 Å². The average molecular weight is 1220 g/mol. The van der Waals surface area contributed by atoms with Gasteiger partial charge in [0.05, 0.1) is 5.56 Å². The fourth-order valence-corrected chi connectivity index (χ4v) is 10.3.